The molecule has 0 spiro atoms. The lowest BCUT2D eigenvalue weighted by atomic mass is 10.1. The molecule has 0 aliphatic heterocycles. The number of hydrogen-bond acceptors (Lipinski definition) is 2. The van der Waals surface area contributed by atoms with E-state index in [9.17, 15) is 0 Å². The van der Waals surface area contributed by atoms with E-state index in [0.717, 1.165) is 13.0 Å². The SMILES string of the molecule is CC(C)CCCO[Si](OC(C)C(C)C)(c1ccccc1)c1ccccc1. The standard InChI is InChI=1S/C23H34O2Si/c1-19(2)13-12-18-24-26(25-21(5)20(3)4,22-14-8-6-9-15-22)23-16-10-7-11-17-23/h6-11,14-17,19-21H,12-13,18H2,1-5H3. The van der Waals surface area contributed by atoms with E-state index in [-0.39, 0.29) is 6.10 Å². The molecule has 2 aromatic carbocycles. The summed E-state index contributed by atoms with van der Waals surface area (Å²) < 4.78 is 13.5. The number of hydrogen-bond donors (Lipinski definition) is 0. The molecule has 0 bridgehead atoms. The first-order chi connectivity index (χ1) is 12.5. The fourth-order valence-electron chi connectivity index (χ4n) is 2.92. The first kappa shape index (κ1) is 20.9. The van der Waals surface area contributed by atoms with Gasteiger partial charge in [0.1, 0.15) is 0 Å². The Morgan fingerprint density at radius 3 is 1.69 bits per heavy atom. The minimum atomic E-state index is -2.75. The molecule has 3 heteroatoms. The van der Waals surface area contributed by atoms with Crippen molar-refractivity contribution >= 4 is 18.9 Å². The number of benzene rings is 2. The summed E-state index contributed by atoms with van der Waals surface area (Å²) in [5, 5.41) is 2.37. The van der Waals surface area contributed by atoms with E-state index in [1.807, 2.05) is 0 Å². The van der Waals surface area contributed by atoms with Crippen LogP contribution in [0.1, 0.15) is 47.5 Å². The zero-order valence-electron chi connectivity index (χ0n) is 16.9. The van der Waals surface area contributed by atoms with Gasteiger partial charge in [-0.1, -0.05) is 88.4 Å². The lowest BCUT2D eigenvalue weighted by molar-refractivity contribution is 0.109. The largest absolute Gasteiger partial charge is 0.407 e. The average molecular weight is 371 g/mol. The molecule has 0 saturated heterocycles. The summed E-state index contributed by atoms with van der Waals surface area (Å²) in [6, 6.07) is 21.1. The maximum atomic E-state index is 6.80. The van der Waals surface area contributed by atoms with Gasteiger partial charge < -0.3 is 8.85 Å². The van der Waals surface area contributed by atoms with Gasteiger partial charge in [0.25, 0.3) is 0 Å². The Hall–Kier alpha value is -1.42. The average Bonchev–Trinajstić information content (AvgIpc) is 2.65. The molecule has 0 saturated carbocycles. The van der Waals surface area contributed by atoms with Crippen molar-refractivity contribution in [1.29, 1.82) is 0 Å². The Morgan fingerprint density at radius 1 is 0.769 bits per heavy atom. The summed E-state index contributed by atoms with van der Waals surface area (Å²) in [6.07, 6.45) is 2.37. The highest BCUT2D eigenvalue weighted by molar-refractivity contribution is 6.92. The van der Waals surface area contributed by atoms with E-state index in [2.05, 4.69) is 95.3 Å². The van der Waals surface area contributed by atoms with Gasteiger partial charge in [0, 0.05) is 12.7 Å². The van der Waals surface area contributed by atoms with Crippen molar-refractivity contribution in [3.05, 3.63) is 60.7 Å². The van der Waals surface area contributed by atoms with Crippen molar-refractivity contribution in [2.45, 2.75) is 53.6 Å². The van der Waals surface area contributed by atoms with E-state index < -0.39 is 8.56 Å². The third-order valence-corrected chi connectivity index (χ3v) is 8.33. The lowest BCUT2D eigenvalue weighted by Crippen LogP contribution is -2.65. The predicted octanol–water partition coefficient (Wildman–Crippen LogP) is 4.76. The Kier molecular flexibility index (Phi) is 8.07. The normalized spacial score (nSPS) is 13.3. The molecule has 0 aliphatic rings. The van der Waals surface area contributed by atoms with Crippen LogP contribution in [0.5, 0.6) is 0 Å². The van der Waals surface area contributed by atoms with Gasteiger partial charge in [0.15, 0.2) is 0 Å². The highest BCUT2D eigenvalue weighted by Gasteiger charge is 2.44. The molecule has 1 unspecified atom stereocenters. The van der Waals surface area contributed by atoms with Crippen molar-refractivity contribution < 1.29 is 8.85 Å². The van der Waals surface area contributed by atoms with Crippen LogP contribution >= 0.6 is 0 Å². The van der Waals surface area contributed by atoms with Crippen LogP contribution in [0.25, 0.3) is 0 Å². The van der Waals surface area contributed by atoms with Gasteiger partial charge in [-0.15, -0.1) is 0 Å². The van der Waals surface area contributed by atoms with Gasteiger partial charge in [0.05, 0.1) is 0 Å². The maximum Gasteiger partial charge on any atom is 0.407 e. The topological polar surface area (TPSA) is 18.5 Å². The third kappa shape index (κ3) is 5.54. The minimum absolute atomic E-state index is 0.132. The molecular weight excluding hydrogens is 336 g/mol. The second-order valence-electron chi connectivity index (χ2n) is 7.80. The molecule has 142 valence electrons. The van der Waals surface area contributed by atoms with Crippen LogP contribution in [0.3, 0.4) is 0 Å². The Morgan fingerprint density at radius 2 is 1.27 bits per heavy atom. The number of rotatable bonds is 10. The van der Waals surface area contributed by atoms with Crippen molar-refractivity contribution in [1.82, 2.24) is 0 Å². The molecule has 0 radical (unpaired) electrons. The Labute approximate surface area is 160 Å². The monoisotopic (exact) mass is 370 g/mol. The first-order valence-electron chi connectivity index (χ1n) is 9.88. The van der Waals surface area contributed by atoms with Crippen molar-refractivity contribution in [3.8, 4) is 0 Å². The van der Waals surface area contributed by atoms with Gasteiger partial charge in [0.2, 0.25) is 0 Å². The predicted molar refractivity (Wildman–Crippen MR) is 113 cm³/mol. The van der Waals surface area contributed by atoms with Crippen LogP contribution in [0.15, 0.2) is 60.7 Å². The molecule has 0 aromatic heterocycles. The molecule has 26 heavy (non-hydrogen) atoms. The smallest absolute Gasteiger partial charge is 0.388 e. The van der Waals surface area contributed by atoms with Crippen molar-refractivity contribution in [2.75, 3.05) is 6.61 Å². The van der Waals surface area contributed by atoms with E-state index in [1.165, 1.54) is 16.8 Å². The zero-order chi connectivity index (χ0) is 19.0. The maximum absolute atomic E-state index is 6.80. The van der Waals surface area contributed by atoms with Crippen LogP contribution < -0.4 is 10.4 Å². The van der Waals surface area contributed by atoms with Crippen LogP contribution in [0.4, 0.5) is 0 Å². The zero-order valence-corrected chi connectivity index (χ0v) is 17.9. The van der Waals surface area contributed by atoms with Gasteiger partial charge in [-0.3, -0.25) is 0 Å². The molecule has 0 heterocycles. The van der Waals surface area contributed by atoms with E-state index in [0.29, 0.717) is 11.8 Å². The second kappa shape index (κ2) is 10.1. The highest BCUT2D eigenvalue weighted by atomic mass is 28.4. The quantitative estimate of drug-likeness (QED) is 0.443. The Balaban J connectivity index is 2.41. The second-order valence-corrected chi connectivity index (χ2v) is 10.7. The molecule has 1 atom stereocenters. The summed E-state index contributed by atoms with van der Waals surface area (Å²) in [6.45, 7) is 11.8. The lowest BCUT2D eigenvalue weighted by Gasteiger charge is -2.35. The van der Waals surface area contributed by atoms with Crippen molar-refractivity contribution in [3.63, 3.8) is 0 Å². The third-order valence-electron chi connectivity index (χ3n) is 4.83. The van der Waals surface area contributed by atoms with Gasteiger partial charge in [-0.2, -0.15) is 0 Å². The van der Waals surface area contributed by atoms with Crippen LogP contribution in [-0.4, -0.2) is 21.3 Å². The van der Waals surface area contributed by atoms with Crippen LogP contribution in [0.2, 0.25) is 0 Å². The molecule has 2 aromatic rings. The van der Waals surface area contributed by atoms with Gasteiger partial charge >= 0.3 is 8.56 Å². The summed E-state index contributed by atoms with van der Waals surface area (Å²) >= 11 is 0. The van der Waals surface area contributed by atoms with Crippen molar-refractivity contribution in [2.24, 2.45) is 11.8 Å². The minimum Gasteiger partial charge on any atom is -0.388 e. The summed E-state index contributed by atoms with van der Waals surface area (Å²) in [4.78, 5) is 0. The van der Waals surface area contributed by atoms with E-state index in [4.69, 9.17) is 8.85 Å². The first-order valence-corrected chi connectivity index (χ1v) is 11.7. The highest BCUT2D eigenvalue weighted by Crippen LogP contribution is 2.18. The van der Waals surface area contributed by atoms with Crippen LogP contribution in [-0.2, 0) is 8.85 Å². The molecule has 2 nitrogen and oxygen atoms in total. The molecular formula is C23H34O2Si. The molecule has 0 fully saturated rings. The summed E-state index contributed by atoms with van der Waals surface area (Å²) in [5.41, 5.74) is 0. The Bertz CT molecular complexity index is 586. The van der Waals surface area contributed by atoms with Crippen LogP contribution in [0, 0.1) is 11.8 Å². The summed E-state index contributed by atoms with van der Waals surface area (Å²) in [5.74, 6) is 1.13. The van der Waals surface area contributed by atoms with Gasteiger partial charge in [-0.05, 0) is 42.0 Å². The fraction of sp³-hybridized carbons (Fsp3) is 0.478. The molecule has 0 amide bonds. The van der Waals surface area contributed by atoms with E-state index in [1.54, 1.807) is 0 Å². The molecule has 0 N–H and O–H groups in total. The van der Waals surface area contributed by atoms with E-state index >= 15 is 0 Å². The molecule has 2 rings (SSSR count). The van der Waals surface area contributed by atoms with Gasteiger partial charge in [-0.25, -0.2) is 0 Å². The molecule has 0 aliphatic carbocycles. The summed E-state index contributed by atoms with van der Waals surface area (Å²) in [7, 11) is -2.75. The fourth-order valence-corrected chi connectivity index (χ4v) is 6.42.